The molecule has 1 unspecified atom stereocenters. The summed E-state index contributed by atoms with van der Waals surface area (Å²) < 4.78 is 6.02. The molecule has 1 aromatic rings. The SMILES string of the molecule is Cl.Cl.OC1C[C@@H]2CN(Cc3cccc(OCCCCN4CCCCC4)c3)C[C@@H]2C1. The monoisotopic (exact) mass is 444 g/mol. The van der Waals surface area contributed by atoms with Crippen LogP contribution < -0.4 is 4.74 Å². The van der Waals surface area contributed by atoms with E-state index in [0.29, 0.717) is 11.8 Å². The predicted octanol–water partition coefficient (Wildman–Crippen LogP) is 4.38. The van der Waals surface area contributed by atoms with Gasteiger partial charge in [0.2, 0.25) is 0 Å². The summed E-state index contributed by atoms with van der Waals surface area (Å²) in [5.41, 5.74) is 1.35. The molecule has 0 aromatic heterocycles. The maximum Gasteiger partial charge on any atom is 0.119 e. The second-order valence-corrected chi connectivity index (χ2v) is 8.94. The molecule has 4 rings (SSSR count). The van der Waals surface area contributed by atoms with E-state index < -0.39 is 0 Å². The van der Waals surface area contributed by atoms with Gasteiger partial charge in [-0.3, -0.25) is 4.90 Å². The number of hydrogen-bond donors (Lipinski definition) is 1. The minimum atomic E-state index is -0.0474. The average Bonchev–Trinajstić information content (AvgIpc) is 3.19. The number of piperidine rings is 1. The zero-order chi connectivity index (χ0) is 18.5. The molecular weight excluding hydrogens is 407 g/mol. The summed E-state index contributed by atoms with van der Waals surface area (Å²) in [4.78, 5) is 5.16. The predicted molar refractivity (Wildman–Crippen MR) is 123 cm³/mol. The number of benzene rings is 1. The normalized spacial score (nSPS) is 27.1. The highest BCUT2D eigenvalue weighted by atomic mass is 35.5. The van der Waals surface area contributed by atoms with Crippen molar-refractivity contribution in [3.63, 3.8) is 0 Å². The molecule has 2 saturated heterocycles. The Labute approximate surface area is 188 Å². The van der Waals surface area contributed by atoms with Gasteiger partial charge in [-0.15, -0.1) is 24.8 Å². The molecule has 29 heavy (non-hydrogen) atoms. The number of aliphatic hydroxyl groups is 1. The number of unbranched alkanes of at least 4 members (excludes halogenated alkanes) is 1. The Morgan fingerprint density at radius 2 is 1.66 bits per heavy atom. The second-order valence-electron chi connectivity index (χ2n) is 8.94. The van der Waals surface area contributed by atoms with Gasteiger partial charge in [-0.2, -0.15) is 0 Å². The van der Waals surface area contributed by atoms with Gasteiger partial charge in [0.25, 0.3) is 0 Å². The molecule has 1 aliphatic carbocycles. The number of ether oxygens (including phenoxy) is 1. The molecule has 2 aliphatic heterocycles. The van der Waals surface area contributed by atoms with Crippen LogP contribution >= 0.6 is 24.8 Å². The minimum absolute atomic E-state index is 0. The third-order valence-corrected chi connectivity index (χ3v) is 6.69. The van der Waals surface area contributed by atoms with Crippen LogP contribution in [0.5, 0.6) is 5.75 Å². The van der Waals surface area contributed by atoms with Gasteiger partial charge in [0.05, 0.1) is 12.7 Å². The van der Waals surface area contributed by atoms with Crippen molar-refractivity contribution in [2.45, 2.75) is 57.6 Å². The van der Waals surface area contributed by atoms with Gasteiger partial charge < -0.3 is 14.7 Å². The van der Waals surface area contributed by atoms with Crippen LogP contribution in [-0.2, 0) is 6.54 Å². The standard InChI is InChI=1S/C23H36N2O2.2ClH/c26-22-14-20-17-25(18-21(20)15-22)16-19-7-6-8-23(13-19)27-12-5-4-11-24-9-2-1-3-10-24;;/h6-8,13,20-22,26H,1-5,9-12,14-18H2;2*1H/t20-,21+,22?;;. The van der Waals surface area contributed by atoms with E-state index in [1.54, 1.807) is 0 Å². The Morgan fingerprint density at radius 1 is 0.931 bits per heavy atom. The Morgan fingerprint density at radius 3 is 2.38 bits per heavy atom. The number of nitrogens with zero attached hydrogens (tertiary/aromatic N) is 2. The summed E-state index contributed by atoms with van der Waals surface area (Å²) in [6, 6.07) is 8.64. The molecule has 6 heteroatoms. The Kier molecular flexibility index (Phi) is 10.5. The lowest BCUT2D eigenvalue weighted by atomic mass is 10.0. The van der Waals surface area contributed by atoms with Gasteiger partial charge in [-0.05, 0) is 87.7 Å². The van der Waals surface area contributed by atoms with E-state index in [4.69, 9.17) is 4.74 Å². The van der Waals surface area contributed by atoms with E-state index in [-0.39, 0.29) is 30.9 Å². The van der Waals surface area contributed by atoms with E-state index in [1.165, 1.54) is 50.9 Å². The third kappa shape index (κ3) is 7.29. The molecule has 166 valence electrons. The summed E-state index contributed by atoms with van der Waals surface area (Å²) in [6.07, 6.45) is 8.50. The van der Waals surface area contributed by atoms with Crippen LogP contribution in [0.3, 0.4) is 0 Å². The molecule has 1 N–H and O–H groups in total. The largest absolute Gasteiger partial charge is 0.494 e. The van der Waals surface area contributed by atoms with Crippen LogP contribution in [0.15, 0.2) is 24.3 Å². The maximum absolute atomic E-state index is 9.80. The topological polar surface area (TPSA) is 35.9 Å². The molecule has 0 bridgehead atoms. The van der Waals surface area contributed by atoms with Crippen LogP contribution in [-0.4, -0.2) is 60.3 Å². The smallest absolute Gasteiger partial charge is 0.119 e. The van der Waals surface area contributed by atoms with Gasteiger partial charge in [-0.1, -0.05) is 18.6 Å². The summed E-state index contributed by atoms with van der Waals surface area (Å²) in [7, 11) is 0. The molecule has 0 spiro atoms. The van der Waals surface area contributed by atoms with Crippen molar-refractivity contribution in [1.29, 1.82) is 0 Å². The van der Waals surface area contributed by atoms with Crippen molar-refractivity contribution in [3.05, 3.63) is 29.8 Å². The van der Waals surface area contributed by atoms with Crippen LogP contribution in [0.2, 0.25) is 0 Å². The quantitative estimate of drug-likeness (QED) is 0.603. The number of hydrogen-bond acceptors (Lipinski definition) is 4. The second kappa shape index (κ2) is 12.4. The highest BCUT2D eigenvalue weighted by Crippen LogP contribution is 2.38. The van der Waals surface area contributed by atoms with Gasteiger partial charge in [0.1, 0.15) is 5.75 Å². The summed E-state index contributed by atoms with van der Waals surface area (Å²) in [6.45, 7) is 7.93. The van der Waals surface area contributed by atoms with E-state index in [0.717, 1.165) is 51.3 Å². The fraction of sp³-hybridized carbons (Fsp3) is 0.739. The first-order valence-electron chi connectivity index (χ1n) is 11.1. The van der Waals surface area contributed by atoms with E-state index >= 15 is 0 Å². The highest BCUT2D eigenvalue weighted by Gasteiger charge is 2.39. The van der Waals surface area contributed by atoms with Crippen LogP contribution in [0.25, 0.3) is 0 Å². The third-order valence-electron chi connectivity index (χ3n) is 6.69. The van der Waals surface area contributed by atoms with E-state index in [9.17, 15) is 5.11 Å². The first kappa shape index (κ1) is 24.7. The molecule has 2 heterocycles. The molecule has 0 radical (unpaired) electrons. The first-order valence-corrected chi connectivity index (χ1v) is 11.1. The molecule has 3 fully saturated rings. The molecule has 0 amide bonds. The van der Waals surface area contributed by atoms with Crippen LogP contribution in [0, 0.1) is 11.8 Å². The summed E-state index contributed by atoms with van der Waals surface area (Å²) >= 11 is 0. The molecule has 1 saturated carbocycles. The molecule has 3 atom stereocenters. The summed E-state index contributed by atoms with van der Waals surface area (Å²) in [5.74, 6) is 2.43. The van der Waals surface area contributed by atoms with Gasteiger partial charge in [-0.25, -0.2) is 0 Å². The number of aliphatic hydroxyl groups excluding tert-OH is 1. The van der Waals surface area contributed by atoms with Gasteiger partial charge in [0, 0.05) is 19.6 Å². The maximum atomic E-state index is 9.80. The zero-order valence-electron chi connectivity index (χ0n) is 17.5. The lowest BCUT2D eigenvalue weighted by Crippen LogP contribution is -2.30. The fourth-order valence-electron chi connectivity index (χ4n) is 5.30. The number of rotatable bonds is 8. The van der Waals surface area contributed by atoms with Gasteiger partial charge in [0.15, 0.2) is 0 Å². The lowest BCUT2D eigenvalue weighted by Gasteiger charge is -2.26. The van der Waals surface area contributed by atoms with Crippen LogP contribution in [0.4, 0.5) is 0 Å². The molecule has 1 aromatic carbocycles. The number of fused-ring (bicyclic) bond motifs is 1. The van der Waals surface area contributed by atoms with Crippen molar-refractivity contribution in [1.82, 2.24) is 9.80 Å². The molecule has 3 aliphatic rings. The Bertz CT molecular complexity index is 584. The molecular formula is C23H38Cl2N2O2. The van der Waals surface area contributed by atoms with Crippen LogP contribution in [0.1, 0.15) is 50.5 Å². The fourth-order valence-corrected chi connectivity index (χ4v) is 5.30. The van der Waals surface area contributed by atoms with E-state index in [1.807, 2.05) is 0 Å². The Balaban J connectivity index is 0.00000150. The van der Waals surface area contributed by atoms with Gasteiger partial charge >= 0.3 is 0 Å². The van der Waals surface area contributed by atoms with E-state index in [2.05, 4.69) is 34.1 Å². The Hall–Kier alpha value is -0.520. The zero-order valence-corrected chi connectivity index (χ0v) is 19.1. The number of likely N-dealkylation sites (tertiary alicyclic amines) is 2. The van der Waals surface area contributed by atoms with Crippen molar-refractivity contribution >= 4 is 24.8 Å². The summed E-state index contributed by atoms with van der Waals surface area (Å²) in [5, 5.41) is 9.80. The highest BCUT2D eigenvalue weighted by molar-refractivity contribution is 5.85. The molecule has 4 nitrogen and oxygen atoms in total. The van der Waals surface area contributed by atoms with Crippen molar-refractivity contribution < 1.29 is 9.84 Å². The van der Waals surface area contributed by atoms with Crippen molar-refractivity contribution in [2.24, 2.45) is 11.8 Å². The van der Waals surface area contributed by atoms with Crippen molar-refractivity contribution in [2.75, 3.05) is 39.3 Å². The first-order chi connectivity index (χ1) is 13.3. The number of halogens is 2. The lowest BCUT2D eigenvalue weighted by molar-refractivity contribution is 0.161. The minimum Gasteiger partial charge on any atom is -0.494 e. The van der Waals surface area contributed by atoms with Crippen molar-refractivity contribution in [3.8, 4) is 5.75 Å². The average molecular weight is 445 g/mol.